The zero-order valence-electron chi connectivity index (χ0n) is 11.4. The summed E-state index contributed by atoms with van der Waals surface area (Å²) in [4.78, 5) is 1.44. The van der Waals surface area contributed by atoms with E-state index in [-0.39, 0.29) is 24.8 Å². The van der Waals surface area contributed by atoms with E-state index in [0.717, 1.165) is 6.42 Å². The van der Waals surface area contributed by atoms with E-state index in [9.17, 15) is 0 Å². The van der Waals surface area contributed by atoms with Crippen LogP contribution in [-0.2, 0) is 19.7 Å². The minimum absolute atomic E-state index is 0. The minimum atomic E-state index is -2.06. The van der Waals surface area contributed by atoms with Gasteiger partial charge in [0, 0.05) is 0 Å². The molecule has 2 aliphatic carbocycles. The van der Waals surface area contributed by atoms with Crippen molar-refractivity contribution in [2.75, 3.05) is 0 Å². The van der Waals surface area contributed by atoms with Gasteiger partial charge in [0.05, 0.1) is 0 Å². The zero-order valence-corrected chi connectivity index (χ0v) is 18.5. The van der Waals surface area contributed by atoms with Gasteiger partial charge in [-0.15, -0.1) is 0 Å². The van der Waals surface area contributed by atoms with Gasteiger partial charge in [-0.1, -0.05) is 0 Å². The van der Waals surface area contributed by atoms with Crippen LogP contribution in [0.2, 0.25) is 0 Å². The van der Waals surface area contributed by atoms with E-state index in [1.165, 1.54) is 20.9 Å². The Morgan fingerprint density at radius 2 is 2.00 bits per heavy atom. The Labute approximate surface area is 166 Å². The van der Waals surface area contributed by atoms with Crippen LogP contribution < -0.4 is 35.3 Å². The summed E-state index contributed by atoms with van der Waals surface area (Å²) in [5.74, 6) is 0. The van der Waals surface area contributed by atoms with Gasteiger partial charge < -0.3 is 24.8 Å². The molecule has 0 saturated carbocycles. The van der Waals surface area contributed by atoms with Crippen LogP contribution in [0.15, 0.2) is 54.6 Å². The summed E-state index contributed by atoms with van der Waals surface area (Å²) < 4.78 is 3.49. The Morgan fingerprint density at radius 1 is 1.23 bits per heavy atom. The Balaban J connectivity index is 0.000000882. The molecule has 1 atom stereocenters. The molecule has 1 aromatic rings. The van der Waals surface area contributed by atoms with Crippen molar-refractivity contribution in [2.24, 2.45) is 0 Å². The van der Waals surface area contributed by atoms with Gasteiger partial charge >= 0.3 is 143 Å². The van der Waals surface area contributed by atoms with Crippen LogP contribution >= 0.6 is 36.5 Å². The average Bonchev–Trinajstić information content (AvgIpc) is 3.13. The molecule has 0 amide bonds. The second-order valence-electron chi connectivity index (χ2n) is 4.98. The molecule has 6 heteroatoms. The first kappa shape index (κ1) is 19.0. The molecule has 0 N–H and O–H groups in total. The van der Waals surface area contributed by atoms with E-state index in [1.54, 1.807) is 6.56 Å². The van der Waals surface area contributed by atoms with E-state index < -0.39 is 19.7 Å². The van der Waals surface area contributed by atoms with E-state index in [1.807, 2.05) is 11.8 Å². The first-order chi connectivity index (χ1) is 9.75. The van der Waals surface area contributed by atoms with Gasteiger partial charge in [-0.2, -0.15) is 0 Å². The first-order valence-corrected chi connectivity index (χ1v) is 14.2. The molecule has 1 unspecified atom stereocenters. The van der Waals surface area contributed by atoms with Crippen LogP contribution in [0.4, 0.5) is 0 Å². The fourth-order valence-electron chi connectivity index (χ4n) is 2.82. The molecule has 0 bridgehead atoms. The van der Waals surface area contributed by atoms with Crippen molar-refractivity contribution in [1.82, 2.24) is 0 Å². The summed E-state index contributed by atoms with van der Waals surface area (Å²) in [5.41, 5.74) is 1.44. The molecule has 1 aromatic carbocycles. The number of benzene rings is 1. The van der Waals surface area contributed by atoms with Gasteiger partial charge in [0.25, 0.3) is 0 Å². The van der Waals surface area contributed by atoms with Crippen LogP contribution in [0.1, 0.15) is 6.42 Å². The van der Waals surface area contributed by atoms with Crippen LogP contribution in [0.5, 0.6) is 0 Å². The van der Waals surface area contributed by atoms with E-state index in [2.05, 4.69) is 64.5 Å². The topological polar surface area (TPSA) is 0 Å². The standard InChI is InChI=1S/C11H6BrS.C5H5.2ClH.S.Zr/c12-10-6-8-5-7-3-1-2-4-9(7)11(8)13-10;1-2-4-5-3-1;;;;/h1-5,10H;1-3H,4H2;2*1H;;/q;;;;;+2/p-2. The molecule has 0 spiro atoms. The summed E-state index contributed by atoms with van der Waals surface area (Å²) in [5, 5.41) is 2.74. The van der Waals surface area contributed by atoms with Gasteiger partial charge in [0.2, 0.25) is 0 Å². The number of alkyl halides is 1. The molecular weight excluding hydrogens is 498 g/mol. The Kier molecular flexibility index (Phi) is 6.67. The monoisotopic (exact) mass is 506 g/mol. The maximum absolute atomic E-state index is 6.02. The fraction of sp³-hybridized carbons (Fsp3) is 0.125. The summed E-state index contributed by atoms with van der Waals surface area (Å²) in [6.07, 6.45) is 10.1. The number of hydrogen-bond donors (Lipinski definition) is 0. The normalized spacial score (nSPS) is 20.3. The van der Waals surface area contributed by atoms with E-state index in [0.29, 0.717) is 4.16 Å². The molecular formula is C16H11BrCl2S2Zr. The summed E-state index contributed by atoms with van der Waals surface area (Å²) in [7, 11) is 6.02. The molecule has 1 aliphatic heterocycles. The average molecular weight is 509 g/mol. The van der Waals surface area contributed by atoms with Crippen LogP contribution in [0, 0.1) is 0 Å². The molecule has 3 aliphatic rings. The van der Waals surface area contributed by atoms with Crippen LogP contribution in [0.3, 0.4) is 0 Å². The molecule has 112 valence electrons. The van der Waals surface area contributed by atoms with Gasteiger partial charge in [0.1, 0.15) is 0 Å². The Hall–Kier alpha value is 0.693. The predicted molar refractivity (Wildman–Crippen MR) is 90.3 cm³/mol. The number of thioether (sulfide) groups is 1. The number of rotatable bonds is 2. The zero-order chi connectivity index (χ0) is 13.7. The second-order valence-corrected chi connectivity index (χ2v) is 14.5. The molecule has 1 heterocycles. The van der Waals surface area contributed by atoms with Gasteiger partial charge in [-0.25, -0.2) is 0 Å². The van der Waals surface area contributed by atoms with Gasteiger partial charge in [-0.05, 0) is 0 Å². The third kappa shape index (κ3) is 3.12. The number of hydrogen-bond acceptors (Lipinski definition) is 2. The fourth-order valence-corrected chi connectivity index (χ4v) is 14.8. The van der Waals surface area contributed by atoms with Crippen molar-refractivity contribution in [3.8, 4) is 0 Å². The number of halogens is 3. The van der Waals surface area contributed by atoms with Crippen molar-refractivity contribution < 1.29 is 44.5 Å². The summed E-state index contributed by atoms with van der Waals surface area (Å²) >= 11 is 3.73. The van der Waals surface area contributed by atoms with Gasteiger partial charge in [-0.3, -0.25) is 0 Å². The van der Waals surface area contributed by atoms with E-state index in [4.69, 9.17) is 8.86 Å². The Bertz CT molecular complexity index is 855. The summed E-state index contributed by atoms with van der Waals surface area (Å²) in [6, 6.07) is 8.68. The van der Waals surface area contributed by atoms with Crippen molar-refractivity contribution in [2.45, 2.75) is 10.6 Å². The maximum atomic E-state index is 6.02. The molecule has 0 radical (unpaired) electrons. The molecule has 0 saturated heterocycles. The van der Waals surface area contributed by atoms with Crippen molar-refractivity contribution in [3.63, 3.8) is 0 Å². The van der Waals surface area contributed by atoms with Crippen LogP contribution in [0.25, 0.3) is 11.0 Å². The quantitative estimate of drug-likeness (QED) is 0.419. The summed E-state index contributed by atoms with van der Waals surface area (Å²) in [6.45, 7) is 0. The molecule has 0 nitrogen and oxygen atoms in total. The molecule has 0 aromatic heterocycles. The van der Waals surface area contributed by atoms with Crippen molar-refractivity contribution in [3.05, 3.63) is 65.1 Å². The molecule has 0 fully saturated rings. The van der Waals surface area contributed by atoms with Crippen molar-refractivity contribution in [1.29, 1.82) is 0 Å². The van der Waals surface area contributed by atoms with Crippen LogP contribution in [-0.4, -0.2) is 4.16 Å². The Morgan fingerprint density at radius 3 is 2.73 bits per heavy atom. The first-order valence-electron chi connectivity index (χ1n) is 6.52. The number of allylic oxidation sites excluding steroid dienone is 4. The molecule has 22 heavy (non-hydrogen) atoms. The van der Waals surface area contributed by atoms with Crippen molar-refractivity contribution >= 4 is 47.5 Å². The predicted octanol–water partition coefficient (Wildman–Crippen LogP) is -2.11. The second kappa shape index (κ2) is 7.72. The SMILES string of the molecule is [Cl-].[Cl-].[S]=[Zr+2]([C]1=CC=CC1)[C]1=C2C=c3ccccc3=C2SC1Br. The number of fused-ring (bicyclic) bond motifs is 2. The van der Waals surface area contributed by atoms with Gasteiger partial charge in [0.15, 0.2) is 0 Å². The molecule has 4 rings (SSSR count). The third-order valence-electron chi connectivity index (χ3n) is 3.80. The van der Waals surface area contributed by atoms with E-state index >= 15 is 0 Å². The third-order valence-corrected chi connectivity index (χ3v) is 15.3.